The van der Waals surface area contributed by atoms with Gasteiger partial charge in [-0.15, -0.1) is 0 Å². The van der Waals surface area contributed by atoms with E-state index >= 15 is 0 Å². The topological polar surface area (TPSA) is 88.2 Å². The quantitative estimate of drug-likeness (QED) is 0.512. The van der Waals surface area contributed by atoms with Crippen LogP contribution in [0.2, 0.25) is 0 Å². The molecule has 0 atom stereocenters. The van der Waals surface area contributed by atoms with Crippen molar-refractivity contribution >= 4 is 37.8 Å². The molecule has 0 saturated carbocycles. The maximum absolute atomic E-state index is 12.1. The van der Waals surface area contributed by atoms with Crippen LogP contribution < -0.4 is 5.32 Å². The van der Waals surface area contributed by atoms with Crippen LogP contribution in [0, 0.1) is 0 Å². The summed E-state index contributed by atoms with van der Waals surface area (Å²) >= 11 is 6.49. The van der Waals surface area contributed by atoms with Crippen molar-refractivity contribution in [2.75, 3.05) is 6.54 Å². The lowest BCUT2D eigenvalue weighted by molar-refractivity contribution is 0.0909. The number of nitrogens with one attached hydrogen (secondary N) is 1. The molecule has 1 amide bonds. The first-order valence-electron chi connectivity index (χ1n) is 7.89. The molecule has 6 nitrogen and oxygen atoms in total. The number of aromatic hydroxyl groups is 1. The Morgan fingerprint density at radius 2 is 1.85 bits per heavy atom. The number of hydrogen-bond acceptors (Lipinski definition) is 5. The summed E-state index contributed by atoms with van der Waals surface area (Å²) in [7, 11) is 0. The van der Waals surface area contributed by atoms with E-state index in [2.05, 4.69) is 59.5 Å². The van der Waals surface area contributed by atoms with E-state index in [9.17, 15) is 9.90 Å². The Hall–Kier alpha value is -2.19. The summed E-state index contributed by atoms with van der Waals surface area (Å²) in [5, 5.41) is 16.3. The number of phenolic OH excluding ortho intramolecular Hbond substituents is 1. The van der Waals surface area contributed by atoms with E-state index in [1.807, 2.05) is 18.2 Å². The summed E-state index contributed by atoms with van der Waals surface area (Å²) in [5.74, 6) is -0.164. The standard InChI is InChI=1S/C18H15Br2N3O3/c19-13-9-12(10-14(20)15(13)24)16-22-18(26-23-16)17(25)21-8-4-7-11-5-2-1-3-6-11/h1-3,5-6,9-10,24H,4,7-8H2,(H,21,25). The Kier molecular flexibility index (Phi) is 6.05. The molecule has 0 saturated heterocycles. The second-order valence-corrected chi connectivity index (χ2v) is 7.27. The van der Waals surface area contributed by atoms with Gasteiger partial charge in [0, 0.05) is 12.1 Å². The van der Waals surface area contributed by atoms with E-state index in [1.54, 1.807) is 12.1 Å². The van der Waals surface area contributed by atoms with Crippen molar-refractivity contribution in [1.29, 1.82) is 0 Å². The van der Waals surface area contributed by atoms with Gasteiger partial charge in [0.05, 0.1) is 8.95 Å². The van der Waals surface area contributed by atoms with Crippen molar-refractivity contribution in [3.8, 4) is 17.1 Å². The Bertz CT molecular complexity index is 890. The fourth-order valence-electron chi connectivity index (χ4n) is 2.34. The molecule has 0 aliphatic carbocycles. The van der Waals surface area contributed by atoms with Gasteiger partial charge in [0.2, 0.25) is 5.82 Å². The lowest BCUT2D eigenvalue weighted by atomic mass is 10.1. The second-order valence-electron chi connectivity index (χ2n) is 5.56. The molecule has 3 rings (SSSR count). The number of nitrogens with zero attached hydrogens (tertiary/aromatic N) is 2. The van der Waals surface area contributed by atoms with Gasteiger partial charge >= 0.3 is 11.8 Å². The average Bonchev–Trinajstić information content (AvgIpc) is 3.14. The minimum Gasteiger partial charge on any atom is -0.506 e. The summed E-state index contributed by atoms with van der Waals surface area (Å²) in [6, 6.07) is 13.4. The van der Waals surface area contributed by atoms with Gasteiger partial charge in [-0.2, -0.15) is 4.98 Å². The Morgan fingerprint density at radius 1 is 1.15 bits per heavy atom. The van der Waals surface area contributed by atoms with Crippen LogP contribution in [0.5, 0.6) is 5.75 Å². The number of rotatable bonds is 6. The van der Waals surface area contributed by atoms with Gasteiger partial charge in [-0.3, -0.25) is 4.79 Å². The van der Waals surface area contributed by atoms with Gasteiger partial charge < -0.3 is 14.9 Å². The van der Waals surface area contributed by atoms with Crippen LogP contribution in [0.25, 0.3) is 11.4 Å². The fraction of sp³-hybridized carbons (Fsp3) is 0.167. The van der Waals surface area contributed by atoms with E-state index in [4.69, 9.17) is 4.52 Å². The summed E-state index contributed by atoms with van der Waals surface area (Å²) in [4.78, 5) is 16.2. The first-order chi connectivity index (χ1) is 12.5. The lowest BCUT2D eigenvalue weighted by Gasteiger charge is -2.03. The molecule has 0 aliphatic heterocycles. The Labute approximate surface area is 166 Å². The number of carbonyl (C=O) groups excluding carboxylic acids is 1. The molecule has 8 heteroatoms. The zero-order chi connectivity index (χ0) is 18.5. The maximum atomic E-state index is 12.1. The Balaban J connectivity index is 1.58. The molecule has 2 aromatic carbocycles. The third-order valence-electron chi connectivity index (χ3n) is 3.67. The van der Waals surface area contributed by atoms with E-state index in [0.717, 1.165) is 12.8 Å². The van der Waals surface area contributed by atoms with Gasteiger partial charge in [-0.1, -0.05) is 35.5 Å². The van der Waals surface area contributed by atoms with Crippen LogP contribution >= 0.6 is 31.9 Å². The number of benzene rings is 2. The normalized spacial score (nSPS) is 10.7. The minimum atomic E-state index is -0.409. The van der Waals surface area contributed by atoms with E-state index < -0.39 is 5.91 Å². The molecule has 0 unspecified atom stereocenters. The molecule has 0 aliphatic rings. The number of phenols is 1. The van der Waals surface area contributed by atoms with E-state index in [0.29, 0.717) is 21.1 Å². The fourth-order valence-corrected chi connectivity index (χ4v) is 3.53. The predicted molar refractivity (Wildman–Crippen MR) is 104 cm³/mol. The van der Waals surface area contributed by atoms with Crippen molar-refractivity contribution in [3.63, 3.8) is 0 Å². The largest absolute Gasteiger partial charge is 0.506 e. The molecule has 26 heavy (non-hydrogen) atoms. The zero-order valence-electron chi connectivity index (χ0n) is 13.6. The molecule has 0 spiro atoms. The molecule has 134 valence electrons. The molecule has 1 aromatic heterocycles. The average molecular weight is 481 g/mol. The SMILES string of the molecule is O=C(NCCCc1ccccc1)c1nc(-c2cc(Br)c(O)c(Br)c2)no1. The van der Waals surface area contributed by atoms with Crippen molar-refractivity contribution < 1.29 is 14.4 Å². The summed E-state index contributed by atoms with van der Waals surface area (Å²) in [6.07, 6.45) is 1.69. The molecule has 0 radical (unpaired) electrons. The molecule has 2 N–H and O–H groups in total. The summed E-state index contributed by atoms with van der Waals surface area (Å²) < 4.78 is 6.01. The van der Waals surface area contributed by atoms with Crippen LogP contribution in [-0.2, 0) is 6.42 Å². The molecule has 0 fully saturated rings. The van der Waals surface area contributed by atoms with Gasteiger partial charge in [0.1, 0.15) is 5.75 Å². The molecular formula is C18H15Br2N3O3. The van der Waals surface area contributed by atoms with Crippen LogP contribution in [0.1, 0.15) is 22.7 Å². The predicted octanol–water partition coefficient (Wildman–Crippen LogP) is 4.33. The highest BCUT2D eigenvalue weighted by atomic mass is 79.9. The highest BCUT2D eigenvalue weighted by molar-refractivity contribution is 9.11. The van der Waals surface area contributed by atoms with Gasteiger partial charge in [-0.25, -0.2) is 0 Å². The van der Waals surface area contributed by atoms with Crippen LogP contribution in [-0.4, -0.2) is 27.7 Å². The van der Waals surface area contributed by atoms with Gasteiger partial charge in [0.25, 0.3) is 0 Å². The monoisotopic (exact) mass is 479 g/mol. The highest BCUT2D eigenvalue weighted by Crippen LogP contribution is 2.36. The maximum Gasteiger partial charge on any atom is 0.316 e. The van der Waals surface area contributed by atoms with Gasteiger partial charge in [-0.05, 0) is 62.4 Å². The number of hydrogen-bond donors (Lipinski definition) is 2. The molecular weight excluding hydrogens is 466 g/mol. The number of aryl methyl sites for hydroxylation is 1. The number of aromatic nitrogens is 2. The summed E-state index contributed by atoms with van der Waals surface area (Å²) in [6.45, 7) is 0.516. The number of halogens is 2. The summed E-state index contributed by atoms with van der Waals surface area (Å²) in [5.41, 5.74) is 1.83. The third-order valence-corrected chi connectivity index (χ3v) is 4.87. The smallest absolute Gasteiger partial charge is 0.316 e. The molecule has 1 heterocycles. The van der Waals surface area contributed by atoms with Crippen molar-refractivity contribution in [1.82, 2.24) is 15.5 Å². The van der Waals surface area contributed by atoms with Crippen molar-refractivity contribution in [2.45, 2.75) is 12.8 Å². The first kappa shape index (κ1) is 18.6. The van der Waals surface area contributed by atoms with E-state index in [1.165, 1.54) is 5.56 Å². The lowest BCUT2D eigenvalue weighted by Crippen LogP contribution is -2.25. The van der Waals surface area contributed by atoms with Crippen LogP contribution in [0.4, 0.5) is 0 Å². The zero-order valence-corrected chi connectivity index (χ0v) is 16.7. The van der Waals surface area contributed by atoms with Gasteiger partial charge in [0.15, 0.2) is 0 Å². The van der Waals surface area contributed by atoms with E-state index in [-0.39, 0.29) is 17.5 Å². The number of amides is 1. The van der Waals surface area contributed by atoms with Crippen molar-refractivity contribution in [2.24, 2.45) is 0 Å². The first-order valence-corrected chi connectivity index (χ1v) is 9.47. The Morgan fingerprint density at radius 3 is 2.54 bits per heavy atom. The molecule has 3 aromatic rings. The van der Waals surface area contributed by atoms with Crippen LogP contribution in [0.15, 0.2) is 55.9 Å². The highest BCUT2D eigenvalue weighted by Gasteiger charge is 2.17. The molecule has 0 bridgehead atoms. The number of carbonyl (C=O) groups is 1. The third kappa shape index (κ3) is 4.50. The minimum absolute atomic E-state index is 0.0774. The van der Waals surface area contributed by atoms with Crippen LogP contribution in [0.3, 0.4) is 0 Å². The van der Waals surface area contributed by atoms with Crippen molar-refractivity contribution in [3.05, 3.63) is 62.9 Å². The second kappa shape index (κ2) is 8.46.